The second-order valence-electron chi connectivity index (χ2n) is 19.3. The lowest BCUT2D eigenvalue weighted by Crippen LogP contribution is -2.53. The Morgan fingerprint density at radius 2 is 1.50 bits per heavy atom. The molecule has 0 aromatic rings. The van der Waals surface area contributed by atoms with Crippen LogP contribution in [-0.4, -0.2) is 73.1 Å². The van der Waals surface area contributed by atoms with E-state index in [1.54, 1.807) is 5.57 Å². The molecule has 0 aromatic carbocycles. The quantitative estimate of drug-likeness (QED) is 0.0843. The van der Waals surface area contributed by atoms with E-state index in [0.717, 1.165) is 54.8 Å². The summed E-state index contributed by atoms with van der Waals surface area (Å²) in [6.45, 7) is 19.9. The van der Waals surface area contributed by atoms with Crippen LogP contribution in [0, 0.1) is 46.3 Å². The van der Waals surface area contributed by atoms with Crippen molar-refractivity contribution < 1.29 is 23.9 Å². The van der Waals surface area contributed by atoms with E-state index in [0.29, 0.717) is 24.9 Å². The number of amides is 4. The Balaban J connectivity index is 1.30. The largest absolute Gasteiger partial charge is 0.444 e. The average Bonchev–Trinajstić information content (AvgIpc) is 3.44. The summed E-state index contributed by atoms with van der Waals surface area (Å²) in [6.07, 6.45) is 17.2. The Bertz CT molecular complexity index is 1310. The molecular formula is C44H77N5O5. The van der Waals surface area contributed by atoms with Crippen molar-refractivity contribution in [1.82, 2.24) is 20.9 Å². The first-order valence-electron chi connectivity index (χ1n) is 21.7. The number of ether oxygens (including phenoxy) is 1. The lowest BCUT2D eigenvalue weighted by molar-refractivity contribution is -0.122. The fourth-order valence-electron chi connectivity index (χ4n) is 11.2. The first-order valence-corrected chi connectivity index (χ1v) is 21.7. The van der Waals surface area contributed by atoms with Gasteiger partial charge in [-0.3, -0.25) is 14.4 Å². The monoisotopic (exact) mass is 756 g/mol. The van der Waals surface area contributed by atoms with Crippen molar-refractivity contribution in [2.75, 3.05) is 32.7 Å². The molecule has 5 N–H and O–H groups in total. The predicted molar refractivity (Wildman–Crippen MR) is 216 cm³/mol. The van der Waals surface area contributed by atoms with E-state index in [1.807, 2.05) is 25.7 Å². The smallest absolute Gasteiger partial charge is 0.410 e. The minimum absolute atomic E-state index is 0.0816. The van der Waals surface area contributed by atoms with Crippen LogP contribution in [0.1, 0.15) is 152 Å². The molecule has 308 valence electrons. The first kappa shape index (κ1) is 44.1. The molecule has 4 amide bonds. The highest BCUT2D eigenvalue weighted by Crippen LogP contribution is 2.67. The molecule has 0 spiro atoms. The highest BCUT2D eigenvalue weighted by molar-refractivity contribution is 5.80. The van der Waals surface area contributed by atoms with Gasteiger partial charge in [0.25, 0.3) is 0 Å². The van der Waals surface area contributed by atoms with Crippen LogP contribution >= 0.6 is 0 Å². The summed E-state index contributed by atoms with van der Waals surface area (Å²) in [6, 6.07) is 0.0816. The van der Waals surface area contributed by atoms with Crippen molar-refractivity contribution in [3.8, 4) is 0 Å². The highest BCUT2D eigenvalue weighted by atomic mass is 16.6. The second kappa shape index (κ2) is 19.5. The maximum Gasteiger partial charge on any atom is 0.410 e. The lowest BCUT2D eigenvalue weighted by Gasteiger charge is -2.59. The summed E-state index contributed by atoms with van der Waals surface area (Å²) in [5, 5.41) is 8.33. The molecule has 4 aliphatic rings. The second-order valence-corrected chi connectivity index (χ2v) is 19.3. The van der Waals surface area contributed by atoms with Crippen LogP contribution in [-0.2, 0) is 19.1 Å². The van der Waals surface area contributed by atoms with Crippen LogP contribution < -0.4 is 21.7 Å². The van der Waals surface area contributed by atoms with Crippen molar-refractivity contribution in [2.45, 2.75) is 163 Å². The first-order chi connectivity index (χ1) is 25.5. The van der Waals surface area contributed by atoms with Crippen LogP contribution in [0.4, 0.5) is 4.79 Å². The van der Waals surface area contributed by atoms with Gasteiger partial charge in [0.1, 0.15) is 5.60 Å². The molecule has 0 aromatic heterocycles. The number of carbonyl (C=O) groups excluding carboxylic acids is 4. The number of carbonyl (C=O) groups is 4. The zero-order valence-electron chi connectivity index (χ0n) is 35.3. The minimum atomic E-state index is -0.593. The summed E-state index contributed by atoms with van der Waals surface area (Å²) >= 11 is 0. The highest BCUT2D eigenvalue weighted by Gasteiger charge is 2.59. The maximum absolute atomic E-state index is 13.7. The molecule has 4 rings (SSSR count). The third-order valence-corrected chi connectivity index (χ3v) is 14.0. The van der Waals surface area contributed by atoms with Crippen LogP contribution in [0.2, 0.25) is 0 Å². The van der Waals surface area contributed by atoms with E-state index >= 15 is 0 Å². The molecule has 0 saturated heterocycles. The number of nitrogens with two attached hydrogens (primary N) is 1. The van der Waals surface area contributed by atoms with Crippen LogP contribution in [0.25, 0.3) is 0 Å². The number of nitrogens with zero attached hydrogens (tertiary/aromatic N) is 1. The van der Waals surface area contributed by atoms with E-state index in [2.05, 4.69) is 56.6 Å². The van der Waals surface area contributed by atoms with Gasteiger partial charge >= 0.3 is 6.09 Å². The van der Waals surface area contributed by atoms with Gasteiger partial charge in [-0.1, -0.05) is 65.5 Å². The van der Waals surface area contributed by atoms with E-state index in [4.69, 9.17) is 10.5 Å². The Hall–Kier alpha value is -2.62. The van der Waals surface area contributed by atoms with Gasteiger partial charge in [-0.2, -0.15) is 0 Å². The van der Waals surface area contributed by atoms with Gasteiger partial charge in [0.05, 0.1) is 0 Å². The van der Waals surface area contributed by atoms with Gasteiger partial charge in [0.15, 0.2) is 0 Å². The van der Waals surface area contributed by atoms with Crippen LogP contribution in [0.3, 0.4) is 0 Å². The molecule has 3 fully saturated rings. The fourth-order valence-corrected chi connectivity index (χ4v) is 11.2. The normalized spacial score (nSPS) is 29.6. The number of rotatable bonds is 18. The Labute approximate surface area is 327 Å². The molecule has 4 aliphatic carbocycles. The van der Waals surface area contributed by atoms with Crippen LogP contribution in [0.5, 0.6) is 0 Å². The van der Waals surface area contributed by atoms with Gasteiger partial charge < -0.3 is 31.3 Å². The van der Waals surface area contributed by atoms with Crippen molar-refractivity contribution >= 4 is 23.8 Å². The van der Waals surface area contributed by atoms with Gasteiger partial charge in [-0.25, -0.2) is 4.79 Å². The molecule has 10 heteroatoms. The summed E-state index contributed by atoms with van der Waals surface area (Å²) in [5.41, 5.74) is 6.99. The van der Waals surface area contributed by atoms with Gasteiger partial charge in [-0.15, -0.1) is 0 Å². The molecule has 0 bridgehead atoms. The number of hydrogen-bond acceptors (Lipinski definition) is 6. The molecule has 8 atom stereocenters. The number of nitrogens with one attached hydrogen (secondary N) is 3. The Morgan fingerprint density at radius 1 is 0.852 bits per heavy atom. The molecule has 0 aliphatic heterocycles. The minimum Gasteiger partial charge on any atom is -0.444 e. The zero-order valence-corrected chi connectivity index (χ0v) is 35.3. The third kappa shape index (κ3) is 11.5. The van der Waals surface area contributed by atoms with Crippen molar-refractivity contribution in [3.05, 3.63) is 11.6 Å². The van der Waals surface area contributed by atoms with Crippen molar-refractivity contribution in [2.24, 2.45) is 52.1 Å². The summed E-state index contributed by atoms with van der Waals surface area (Å²) < 4.78 is 5.94. The van der Waals surface area contributed by atoms with Crippen molar-refractivity contribution in [1.29, 1.82) is 0 Å². The lowest BCUT2D eigenvalue weighted by atomic mass is 9.46. The molecule has 10 nitrogen and oxygen atoms in total. The average molecular weight is 756 g/mol. The number of allylic oxidation sites excluding steroid dienone is 1. The fraction of sp³-hybridized carbons (Fsp3) is 0.864. The zero-order chi connectivity index (χ0) is 39.7. The summed E-state index contributed by atoms with van der Waals surface area (Å²) in [5.74, 6) is 4.24. The van der Waals surface area contributed by atoms with Gasteiger partial charge in [0.2, 0.25) is 17.7 Å². The number of hydrogen-bond donors (Lipinski definition) is 4. The van der Waals surface area contributed by atoms with E-state index in [1.165, 1.54) is 51.4 Å². The van der Waals surface area contributed by atoms with Crippen LogP contribution in [0.15, 0.2) is 11.6 Å². The summed E-state index contributed by atoms with van der Waals surface area (Å²) in [4.78, 5) is 51.7. The number of fused-ring (bicyclic) bond motifs is 5. The molecule has 3 saturated carbocycles. The van der Waals surface area contributed by atoms with Gasteiger partial charge in [0, 0.05) is 58.0 Å². The van der Waals surface area contributed by atoms with E-state index in [-0.39, 0.29) is 74.2 Å². The standard InChI is InChI=1S/C44H77N5O5/c1-30(2)11-9-12-31(3)35-15-16-36-34-14-13-32-29-33(17-22-43(32,7)37(34)18-23-44(35,36)8)49(41(53)54-42(4,5)6)28-10-25-46-39(51)20-27-48-40(52)21-26-47-38(50)19-24-45/h13,30-31,33-37H,9-12,14-29,45H2,1-8H3,(H,46,51)(H,47,50)(H,48,52)/t31-,33+,34-,35?,36?,37?,43?,44?/m1/s1. The maximum atomic E-state index is 13.7. The van der Waals surface area contributed by atoms with Crippen molar-refractivity contribution in [3.63, 3.8) is 0 Å². The summed E-state index contributed by atoms with van der Waals surface area (Å²) in [7, 11) is 0. The van der Waals surface area contributed by atoms with E-state index in [9.17, 15) is 19.2 Å². The van der Waals surface area contributed by atoms with Gasteiger partial charge in [-0.05, 0) is 125 Å². The predicted octanol–water partition coefficient (Wildman–Crippen LogP) is 7.50. The molecule has 0 heterocycles. The topological polar surface area (TPSA) is 143 Å². The molecule has 0 radical (unpaired) electrons. The molecule has 5 unspecified atom stereocenters. The molecule has 54 heavy (non-hydrogen) atoms. The Morgan fingerprint density at radius 3 is 2.13 bits per heavy atom. The molecular weight excluding hydrogens is 679 g/mol. The Kier molecular flexibility index (Phi) is 15.9. The SMILES string of the molecule is CC(C)CCC[C@@H](C)C1CCC2[C@H]3CC=C4C[C@@H](N(CCCNC(=O)CCNC(=O)CCNC(=O)CCN)C(=O)OC(C)(C)C)CCC4(C)C3CCC21C. The van der Waals surface area contributed by atoms with E-state index < -0.39 is 5.60 Å². The third-order valence-electron chi connectivity index (χ3n) is 14.0.